The normalized spacial score (nSPS) is 17.8. The van der Waals surface area contributed by atoms with Gasteiger partial charge in [0.25, 0.3) is 0 Å². The van der Waals surface area contributed by atoms with E-state index in [-0.39, 0.29) is 0 Å². The first-order valence-electron chi connectivity index (χ1n) is 6.36. The van der Waals surface area contributed by atoms with Crippen LogP contribution in [0.15, 0.2) is 0 Å². The summed E-state index contributed by atoms with van der Waals surface area (Å²) in [7, 11) is 2.25. The molecule has 0 aromatic rings. The van der Waals surface area contributed by atoms with Gasteiger partial charge in [-0.15, -0.1) is 0 Å². The summed E-state index contributed by atoms with van der Waals surface area (Å²) >= 11 is 0. The van der Waals surface area contributed by atoms with Crippen molar-refractivity contribution in [1.29, 1.82) is 0 Å². The van der Waals surface area contributed by atoms with Crippen molar-refractivity contribution in [1.82, 2.24) is 10.2 Å². The molecule has 15 heavy (non-hydrogen) atoms. The van der Waals surface area contributed by atoms with E-state index in [4.69, 9.17) is 5.11 Å². The van der Waals surface area contributed by atoms with Gasteiger partial charge in [0.1, 0.15) is 0 Å². The SMILES string of the molecule is CN(CCCNCCCO)C1CCCC1. The molecule has 0 aromatic heterocycles. The van der Waals surface area contributed by atoms with E-state index in [0.717, 1.165) is 25.6 Å². The minimum absolute atomic E-state index is 0.301. The Morgan fingerprint density at radius 1 is 1.20 bits per heavy atom. The van der Waals surface area contributed by atoms with Crippen LogP contribution >= 0.6 is 0 Å². The lowest BCUT2D eigenvalue weighted by Crippen LogP contribution is -2.32. The Kier molecular flexibility index (Phi) is 6.98. The van der Waals surface area contributed by atoms with Crippen LogP contribution in [0.25, 0.3) is 0 Å². The summed E-state index contributed by atoms with van der Waals surface area (Å²) in [6.45, 7) is 3.53. The average molecular weight is 214 g/mol. The minimum atomic E-state index is 0.301. The largest absolute Gasteiger partial charge is 0.396 e. The Bertz CT molecular complexity index is 147. The van der Waals surface area contributed by atoms with Gasteiger partial charge in [0.2, 0.25) is 0 Å². The van der Waals surface area contributed by atoms with Crippen molar-refractivity contribution in [2.24, 2.45) is 0 Å². The van der Waals surface area contributed by atoms with Crippen LogP contribution in [0.4, 0.5) is 0 Å². The Balaban J connectivity index is 1.90. The van der Waals surface area contributed by atoms with Crippen molar-refractivity contribution in [3.63, 3.8) is 0 Å². The fourth-order valence-corrected chi connectivity index (χ4v) is 2.31. The highest BCUT2D eigenvalue weighted by Gasteiger charge is 2.18. The van der Waals surface area contributed by atoms with Gasteiger partial charge in [-0.2, -0.15) is 0 Å². The molecule has 3 nitrogen and oxygen atoms in total. The van der Waals surface area contributed by atoms with E-state index in [0.29, 0.717) is 6.61 Å². The van der Waals surface area contributed by atoms with Crippen molar-refractivity contribution >= 4 is 0 Å². The lowest BCUT2D eigenvalue weighted by Gasteiger charge is -2.23. The quantitative estimate of drug-likeness (QED) is 0.596. The van der Waals surface area contributed by atoms with Gasteiger partial charge in [-0.25, -0.2) is 0 Å². The van der Waals surface area contributed by atoms with Crippen LogP contribution in [0, 0.1) is 0 Å². The minimum Gasteiger partial charge on any atom is -0.396 e. The summed E-state index contributed by atoms with van der Waals surface area (Å²) in [6.07, 6.45) is 7.73. The monoisotopic (exact) mass is 214 g/mol. The van der Waals surface area contributed by atoms with Gasteiger partial charge >= 0.3 is 0 Å². The van der Waals surface area contributed by atoms with Crippen LogP contribution in [-0.2, 0) is 0 Å². The van der Waals surface area contributed by atoms with Crippen molar-refractivity contribution in [2.45, 2.75) is 44.6 Å². The van der Waals surface area contributed by atoms with Crippen molar-refractivity contribution in [3.05, 3.63) is 0 Å². The maximum Gasteiger partial charge on any atom is 0.0443 e. The van der Waals surface area contributed by atoms with Crippen LogP contribution in [0.3, 0.4) is 0 Å². The van der Waals surface area contributed by atoms with Gasteiger partial charge in [0, 0.05) is 12.6 Å². The van der Waals surface area contributed by atoms with Crippen molar-refractivity contribution < 1.29 is 5.11 Å². The molecule has 2 N–H and O–H groups in total. The fourth-order valence-electron chi connectivity index (χ4n) is 2.31. The van der Waals surface area contributed by atoms with Gasteiger partial charge in [0.15, 0.2) is 0 Å². The molecule has 0 spiro atoms. The smallest absolute Gasteiger partial charge is 0.0443 e. The topological polar surface area (TPSA) is 35.5 Å². The molecular formula is C12H26N2O. The maximum atomic E-state index is 8.61. The lowest BCUT2D eigenvalue weighted by molar-refractivity contribution is 0.241. The van der Waals surface area contributed by atoms with Gasteiger partial charge in [-0.3, -0.25) is 0 Å². The van der Waals surface area contributed by atoms with Crippen LogP contribution in [0.5, 0.6) is 0 Å². The lowest BCUT2D eigenvalue weighted by atomic mass is 10.2. The third kappa shape index (κ3) is 5.50. The van der Waals surface area contributed by atoms with E-state index >= 15 is 0 Å². The van der Waals surface area contributed by atoms with Crippen LogP contribution in [0.1, 0.15) is 38.5 Å². The molecule has 0 radical (unpaired) electrons. The Labute approximate surface area is 93.9 Å². The molecule has 0 atom stereocenters. The molecule has 90 valence electrons. The Morgan fingerprint density at radius 3 is 2.53 bits per heavy atom. The first-order chi connectivity index (χ1) is 7.34. The zero-order valence-corrected chi connectivity index (χ0v) is 10.0. The highest BCUT2D eigenvalue weighted by atomic mass is 16.3. The molecular weight excluding hydrogens is 188 g/mol. The van der Waals surface area contributed by atoms with Gasteiger partial charge in [-0.05, 0) is 52.4 Å². The van der Waals surface area contributed by atoms with Gasteiger partial charge in [0.05, 0.1) is 0 Å². The van der Waals surface area contributed by atoms with Gasteiger partial charge < -0.3 is 15.3 Å². The summed E-state index contributed by atoms with van der Waals surface area (Å²) < 4.78 is 0. The van der Waals surface area contributed by atoms with Crippen molar-refractivity contribution in [2.75, 3.05) is 33.3 Å². The predicted molar refractivity (Wildman–Crippen MR) is 64.1 cm³/mol. The van der Waals surface area contributed by atoms with E-state index in [9.17, 15) is 0 Å². The summed E-state index contributed by atoms with van der Waals surface area (Å²) in [4.78, 5) is 2.51. The average Bonchev–Trinajstić information content (AvgIpc) is 2.76. The number of aliphatic hydroxyl groups is 1. The highest BCUT2D eigenvalue weighted by Crippen LogP contribution is 2.22. The van der Waals surface area contributed by atoms with E-state index in [2.05, 4.69) is 17.3 Å². The fraction of sp³-hybridized carbons (Fsp3) is 1.00. The zero-order chi connectivity index (χ0) is 10.9. The standard InChI is InChI=1S/C12H26N2O/c1-14(12-6-2-3-7-12)10-4-8-13-9-5-11-15/h12-13,15H,2-11H2,1H3. The number of nitrogens with one attached hydrogen (secondary N) is 1. The molecule has 0 bridgehead atoms. The number of nitrogens with zero attached hydrogens (tertiary/aromatic N) is 1. The molecule has 0 aliphatic heterocycles. The third-order valence-electron chi connectivity index (χ3n) is 3.32. The second-order valence-corrected chi connectivity index (χ2v) is 4.60. The van der Waals surface area contributed by atoms with E-state index in [1.165, 1.54) is 38.6 Å². The predicted octanol–water partition coefficient (Wildman–Crippen LogP) is 1.22. The summed E-state index contributed by atoms with van der Waals surface area (Å²) in [5.41, 5.74) is 0. The molecule has 1 rings (SSSR count). The molecule has 0 saturated heterocycles. The maximum absolute atomic E-state index is 8.61. The zero-order valence-electron chi connectivity index (χ0n) is 10.0. The van der Waals surface area contributed by atoms with Crippen molar-refractivity contribution in [3.8, 4) is 0 Å². The molecule has 0 heterocycles. The van der Waals surface area contributed by atoms with Crippen LogP contribution in [0.2, 0.25) is 0 Å². The molecule has 3 heteroatoms. The summed E-state index contributed by atoms with van der Waals surface area (Å²) in [6, 6.07) is 0.849. The molecule has 1 aliphatic rings. The summed E-state index contributed by atoms with van der Waals surface area (Å²) in [5, 5.41) is 12.0. The Morgan fingerprint density at radius 2 is 1.87 bits per heavy atom. The molecule has 1 saturated carbocycles. The number of rotatable bonds is 8. The Hall–Kier alpha value is -0.120. The number of hydrogen-bond acceptors (Lipinski definition) is 3. The molecule has 1 fully saturated rings. The molecule has 1 aliphatic carbocycles. The van der Waals surface area contributed by atoms with Crippen LogP contribution in [-0.4, -0.2) is 49.3 Å². The first-order valence-corrected chi connectivity index (χ1v) is 6.36. The molecule has 0 aromatic carbocycles. The first kappa shape index (κ1) is 12.9. The molecule has 0 unspecified atom stereocenters. The summed E-state index contributed by atoms with van der Waals surface area (Å²) in [5.74, 6) is 0. The molecule has 0 amide bonds. The van der Waals surface area contributed by atoms with E-state index in [1.54, 1.807) is 0 Å². The second-order valence-electron chi connectivity index (χ2n) is 4.60. The number of aliphatic hydroxyl groups excluding tert-OH is 1. The van der Waals surface area contributed by atoms with E-state index in [1.807, 2.05) is 0 Å². The second kappa shape index (κ2) is 8.08. The van der Waals surface area contributed by atoms with Crippen LogP contribution < -0.4 is 5.32 Å². The number of hydrogen-bond donors (Lipinski definition) is 2. The highest BCUT2D eigenvalue weighted by molar-refractivity contribution is 4.75. The van der Waals surface area contributed by atoms with E-state index < -0.39 is 0 Å². The third-order valence-corrected chi connectivity index (χ3v) is 3.32. The van der Waals surface area contributed by atoms with Gasteiger partial charge in [-0.1, -0.05) is 12.8 Å².